The van der Waals surface area contributed by atoms with Crippen molar-refractivity contribution in [3.8, 4) is 6.07 Å². The number of hydrogen-bond acceptors (Lipinski definition) is 1. The molecule has 1 nitrogen and oxygen atoms in total. The second-order valence-corrected chi connectivity index (χ2v) is 7.62. The topological polar surface area (TPSA) is 23.8 Å². The standard InChI is InChI=1S/C24H32FN/c1-2-6-20-9-13-22(14-10-20)17-18-23-15-11-21(12-16-23)7-4-3-5-8-24(25)19-26/h3,5,8-10,13-14,21,23H,2,4,6-7,11-12,15-18H2,1H3. The Labute approximate surface area is 158 Å². The van der Waals surface area contributed by atoms with Crippen molar-refractivity contribution in [2.24, 2.45) is 11.8 Å². The first-order valence-electron chi connectivity index (χ1n) is 10.2. The van der Waals surface area contributed by atoms with Crippen molar-refractivity contribution < 1.29 is 4.39 Å². The highest BCUT2D eigenvalue weighted by Gasteiger charge is 2.20. The predicted octanol–water partition coefficient (Wildman–Crippen LogP) is 7.09. The molecule has 0 spiro atoms. The highest BCUT2D eigenvalue weighted by Crippen LogP contribution is 2.34. The van der Waals surface area contributed by atoms with Gasteiger partial charge in [-0.15, -0.1) is 0 Å². The van der Waals surface area contributed by atoms with Crippen molar-refractivity contribution in [2.45, 2.75) is 71.1 Å². The molecule has 0 unspecified atom stereocenters. The first-order chi connectivity index (χ1) is 12.7. The van der Waals surface area contributed by atoms with Crippen LogP contribution >= 0.6 is 0 Å². The molecule has 140 valence electrons. The fourth-order valence-electron chi connectivity index (χ4n) is 3.96. The summed E-state index contributed by atoms with van der Waals surface area (Å²) in [6.45, 7) is 2.23. The van der Waals surface area contributed by atoms with Gasteiger partial charge in [0.15, 0.2) is 5.83 Å². The van der Waals surface area contributed by atoms with E-state index in [4.69, 9.17) is 5.26 Å². The summed E-state index contributed by atoms with van der Waals surface area (Å²) < 4.78 is 12.7. The van der Waals surface area contributed by atoms with Gasteiger partial charge in [0, 0.05) is 0 Å². The van der Waals surface area contributed by atoms with Crippen LogP contribution in [0, 0.1) is 23.2 Å². The van der Waals surface area contributed by atoms with Crippen molar-refractivity contribution >= 4 is 0 Å². The summed E-state index contributed by atoms with van der Waals surface area (Å²) in [5.74, 6) is 0.973. The van der Waals surface area contributed by atoms with Crippen LogP contribution in [0.2, 0.25) is 0 Å². The molecule has 0 aliphatic heterocycles. The van der Waals surface area contributed by atoms with E-state index in [2.05, 4.69) is 31.2 Å². The van der Waals surface area contributed by atoms with Crippen LogP contribution in [0.15, 0.2) is 48.3 Å². The normalized spacial score (nSPS) is 21.0. The van der Waals surface area contributed by atoms with E-state index < -0.39 is 5.83 Å². The first-order valence-corrected chi connectivity index (χ1v) is 10.2. The van der Waals surface area contributed by atoms with Gasteiger partial charge in [0.2, 0.25) is 0 Å². The minimum atomic E-state index is -0.721. The molecule has 0 radical (unpaired) electrons. The summed E-state index contributed by atoms with van der Waals surface area (Å²) in [7, 11) is 0. The van der Waals surface area contributed by atoms with Crippen LogP contribution in [-0.2, 0) is 12.8 Å². The third-order valence-corrected chi connectivity index (χ3v) is 5.60. The number of aryl methyl sites for hydroxylation is 2. The predicted molar refractivity (Wildman–Crippen MR) is 107 cm³/mol. The largest absolute Gasteiger partial charge is 0.199 e. The van der Waals surface area contributed by atoms with Crippen LogP contribution in [0.25, 0.3) is 0 Å². The molecule has 0 N–H and O–H groups in total. The molecule has 0 atom stereocenters. The zero-order chi connectivity index (χ0) is 18.6. The third kappa shape index (κ3) is 7.56. The van der Waals surface area contributed by atoms with Gasteiger partial charge in [0.1, 0.15) is 6.07 Å². The second-order valence-electron chi connectivity index (χ2n) is 7.62. The van der Waals surface area contributed by atoms with Crippen molar-refractivity contribution in [3.05, 3.63) is 59.4 Å². The smallest absolute Gasteiger partial charge is 0.195 e. The van der Waals surface area contributed by atoms with Gasteiger partial charge >= 0.3 is 0 Å². The summed E-state index contributed by atoms with van der Waals surface area (Å²) in [5.41, 5.74) is 2.94. The van der Waals surface area contributed by atoms with Crippen molar-refractivity contribution in [2.75, 3.05) is 0 Å². The lowest BCUT2D eigenvalue weighted by atomic mass is 9.78. The van der Waals surface area contributed by atoms with Gasteiger partial charge in [-0.25, -0.2) is 0 Å². The quantitative estimate of drug-likeness (QED) is 0.343. The first kappa shape index (κ1) is 20.4. The molecule has 2 rings (SSSR count). The van der Waals surface area contributed by atoms with E-state index in [9.17, 15) is 4.39 Å². The van der Waals surface area contributed by atoms with Gasteiger partial charge in [-0.05, 0) is 61.1 Å². The molecule has 1 aliphatic carbocycles. The monoisotopic (exact) mass is 353 g/mol. The Hall–Kier alpha value is -1.88. The lowest BCUT2D eigenvalue weighted by Gasteiger charge is -2.28. The zero-order valence-electron chi connectivity index (χ0n) is 16.1. The van der Waals surface area contributed by atoms with Crippen LogP contribution in [0.5, 0.6) is 0 Å². The van der Waals surface area contributed by atoms with Gasteiger partial charge in [-0.3, -0.25) is 0 Å². The zero-order valence-corrected chi connectivity index (χ0v) is 16.1. The molecule has 26 heavy (non-hydrogen) atoms. The lowest BCUT2D eigenvalue weighted by Crippen LogP contribution is -2.15. The molecule has 1 aromatic rings. The molecule has 0 heterocycles. The van der Waals surface area contributed by atoms with Crippen molar-refractivity contribution in [1.82, 2.24) is 0 Å². The Morgan fingerprint density at radius 2 is 1.62 bits per heavy atom. The van der Waals surface area contributed by atoms with Gasteiger partial charge in [0.25, 0.3) is 0 Å². The fraction of sp³-hybridized carbons (Fsp3) is 0.542. The molecule has 1 fully saturated rings. The molecule has 2 heteroatoms. The maximum absolute atomic E-state index is 12.7. The number of halogens is 1. The summed E-state index contributed by atoms with van der Waals surface area (Å²) >= 11 is 0. The molecule has 0 amide bonds. The average molecular weight is 354 g/mol. The minimum absolute atomic E-state index is 0.721. The Balaban J connectivity index is 1.62. The fourth-order valence-corrected chi connectivity index (χ4v) is 3.96. The molecule has 0 bridgehead atoms. The number of benzene rings is 1. The number of nitrogens with zero attached hydrogens (tertiary/aromatic N) is 1. The van der Waals surface area contributed by atoms with Crippen LogP contribution in [-0.4, -0.2) is 0 Å². The van der Waals surface area contributed by atoms with Gasteiger partial charge < -0.3 is 0 Å². The van der Waals surface area contributed by atoms with Gasteiger partial charge in [0.05, 0.1) is 0 Å². The minimum Gasteiger partial charge on any atom is -0.195 e. The van der Waals surface area contributed by atoms with Crippen LogP contribution in [0.3, 0.4) is 0 Å². The van der Waals surface area contributed by atoms with E-state index >= 15 is 0 Å². The van der Waals surface area contributed by atoms with Crippen LogP contribution < -0.4 is 0 Å². The lowest BCUT2D eigenvalue weighted by molar-refractivity contribution is 0.254. The Morgan fingerprint density at radius 3 is 2.19 bits per heavy atom. The van der Waals surface area contributed by atoms with Gasteiger partial charge in [-0.2, -0.15) is 9.65 Å². The Bertz CT molecular complexity index is 613. The number of rotatable bonds is 9. The maximum Gasteiger partial charge on any atom is 0.199 e. The molecule has 1 aromatic carbocycles. The van der Waals surface area contributed by atoms with Crippen LogP contribution in [0.4, 0.5) is 4.39 Å². The summed E-state index contributed by atoms with van der Waals surface area (Å²) in [6.07, 6.45) is 17.3. The number of allylic oxidation sites excluding steroid dienone is 4. The highest BCUT2D eigenvalue weighted by molar-refractivity contribution is 5.22. The van der Waals surface area contributed by atoms with E-state index in [1.165, 1.54) is 81.1 Å². The molecular formula is C24H32FN. The van der Waals surface area contributed by atoms with Gasteiger partial charge in [-0.1, -0.05) is 75.4 Å². The number of hydrogen-bond donors (Lipinski definition) is 0. The second kappa shape index (κ2) is 11.7. The average Bonchev–Trinajstić information content (AvgIpc) is 2.68. The Morgan fingerprint density at radius 1 is 1.04 bits per heavy atom. The highest BCUT2D eigenvalue weighted by atomic mass is 19.1. The van der Waals surface area contributed by atoms with Crippen LogP contribution in [0.1, 0.15) is 69.4 Å². The summed E-state index contributed by atoms with van der Waals surface area (Å²) in [6, 6.07) is 10.7. The Kier molecular flexibility index (Phi) is 9.18. The molecule has 0 saturated heterocycles. The van der Waals surface area contributed by atoms with E-state index in [0.29, 0.717) is 0 Å². The molecule has 1 saturated carbocycles. The molecular weight excluding hydrogens is 321 g/mol. The molecule has 0 aromatic heterocycles. The third-order valence-electron chi connectivity index (χ3n) is 5.60. The van der Waals surface area contributed by atoms with E-state index in [1.807, 2.05) is 6.08 Å². The SMILES string of the molecule is CCCc1ccc(CCC2CCC(CCC=CC=C(F)C#N)CC2)cc1. The van der Waals surface area contributed by atoms with E-state index in [-0.39, 0.29) is 0 Å². The van der Waals surface area contributed by atoms with E-state index in [0.717, 1.165) is 18.3 Å². The number of nitriles is 1. The van der Waals surface area contributed by atoms with E-state index in [1.54, 1.807) is 6.08 Å². The maximum atomic E-state index is 12.7. The summed E-state index contributed by atoms with van der Waals surface area (Å²) in [5, 5.41) is 8.34. The summed E-state index contributed by atoms with van der Waals surface area (Å²) in [4.78, 5) is 0. The molecule has 1 aliphatic rings. The van der Waals surface area contributed by atoms with Crippen molar-refractivity contribution in [3.63, 3.8) is 0 Å². The van der Waals surface area contributed by atoms with Crippen molar-refractivity contribution in [1.29, 1.82) is 5.26 Å².